The molecule has 21 heavy (non-hydrogen) atoms. The minimum atomic E-state index is -0.432. The van der Waals surface area contributed by atoms with E-state index in [9.17, 15) is 4.79 Å². The number of ether oxygens (including phenoxy) is 2. The van der Waals surface area contributed by atoms with E-state index in [4.69, 9.17) is 15.2 Å². The van der Waals surface area contributed by atoms with E-state index in [0.717, 1.165) is 0 Å². The SMILES string of the molecule is CCOC(=O)c1sc(NCCn2cccn2)c(OC)c1N. The molecule has 7 nitrogen and oxygen atoms in total. The number of nitrogens with one attached hydrogen (secondary N) is 1. The number of nitrogen functional groups attached to an aromatic ring is 1. The largest absolute Gasteiger partial charge is 0.492 e. The van der Waals surface area contributed by atoms with E-state index in [1.54, 1.807) is 13.1 Å². The first kappa shape index (κ1) is 15.2. The zero-order valence-electron chi connectivity index (χ0n) is 12.0. The summed E-state index contributed by atoms with van der Waals surface area (Å²) in [6.45, 7) is 3.39. The molecular weight excluding hydrogens is 292 g/mol. The highest BCUT2D eigenvalue weighted by atomic mass is 32.1. The third kappa shape index (κ3) is 3.46. The minimum absolute atomic E-state index is 0.306. The van der Waals surface area contributed by atoms with Crippen LogP contribution in [-0.2, 0) is 11.3 Å². The Kier molecular flexibility index (Phi) is 5.04. The lowest BCUT2D eigenvalue weighted by Gasteiger charge is -2.07. The molecule has 0 atom stereocenters. The second-order valence-electron chi connectivity index (χ2n) is 4.12. The summed E-state index contributed by atoms with van der Waals surface area (Å²) in [7, 11) is 1.52. The highest BCUT2D eigenvalue weighted by molar-refractivity contribution is 7.19. The van der Waals surface area contributed by atoms with Crippen molar-refractivity contribution in [2.75, 3.05) is 31.3 Å². The predicted molar refractivity (Wildman–Crippen MR) is 82.0 cm³/mol. The molecule has 0 unspecified atom stereocenters. The number of methoxy groups -OCH3 is 1. The van der Waals surface area contributed by atoms with Crippen LogP contribution in [0.25, 0.3) is 0 Å². The predicted octanol–water partition coefficient (Wildman–Crippen LogP) is 1.82. The molecule has 0 bridgehead atoms. The van der Waals surface area contributed by atoms with E-state index in [1.165, 1.54) is 18.4 Å². The number of hydrogen-bond donors (Lipinski definition) is 2. The van der Waals surface area contributed by atoms with Gasteiger partial charge in [-0.15, -0.1) is 11.3 Å². The summed E-state index contributed by atoms with van der Waals surface area (Å²) in [6.07, 6.45) is 3.61. The summed E-state index contributed by atoms with van der Waals surface area (Å²) < 4.78 is 12.1. The summed E-state index contributed by atoms with van der Waals surface area (Å²) >= 11 is 1.23. The number of nitrogens with zero attached hydrogens (tertiary/aromatic N) is 2. The van der Waals surface area contributed by atoms with Gasteiger partial charge in [-0.2, -0.15) is 5.10 Å². The lowest BCUT2D eigenvalue weighted by atomic mass is 10.3. The van der Waals surface area contributed by atoms with Crippen molar-refractivity contribution in [2.45, 2.75) is 13.5 Å². The monoisotopic (exact) mass is 310 g/mol. The maximum Gasteiger partial charge on any atom is 0.350 e. The van der Waals surface area contributed by atoms with Gasteiger partial charge in [-0.25, -0.2) is 4.79 Å². The van der Waals surface area contributed by atoms with E-state index in [0.29, 0.717) is 41.0 Å². The van der Waals surface area contributed by atoms with Crippen molar-refractivity contribution < 1.29 is 14.3 Å². The Bertz CT molecular complexity index is 595. The molecule has 0 aliphatic carbocycles. The first-order valence-corrected chi connectivity index (χ1v) is 7.33. The standard InChI is InChI=1S/C13H18N4O3S/c1-3-20-13(18)11-9(14)10(19-2)12(21-11)15-6-8-17-7-4-5-16-17/h4-5,7,15H,3,6,8,14H2,1-2H3. The van der Waals surface area contributed by atoms with E-state index in [2.05, 4.69) is 10.4 Å². The number of nitrogens with two attached hydrogens (primary N) is 1. The molecule has 2 aromatic heterocycles. The lowest BCUT2D eigenvalue weighted by molar-refractivity contribution is 0.0533. The highest BCUT2D eigenvalue weighted by Gasteiger charge is 2.22. The summed E-state index contributed by atoms with van der Waals surface area (Å²) in [5.74, 6) is 0.0435. The summed E-state index contributed by atoms with van der Waals surface area (Å²) in [4.78, 5) is 12.2. The van der Waals surface area contributed by atoms with E-state index in [-0.39, 0.29) is 0 Å². The summed E-state index contributed by atoms with van der Waals surface area (Å²) in [5.41, 5.74) is 6.25. The van der Waals surface area contributed by atoms with Gasteiger partial charge in [0.05, 0.1) is 20.3 Å². The normalized spacial score (nSPS) is 10.4. The number of aromatic nitrogens is 2. The highest BCUT2D eigenvalue weighted by Crippen LogP contribution is 2.42. The molecule has 2 aromatic rings. The van der Waals surface area contributed by atoms with Gasteiger partial charge in [-0.1, -0.05) is 0 Å². The zero-order chi connectivity index (χ0) is 15.2. The Hall–Kier alpha value is -2.22. The Balaban J connectivity index is 2.07. The van der Waals surface area contributed by atoms with Gasteiger partial charge in [0.25, 0.3) is 0 Å². The molecule has 3 N–H and O–H groups in total. The second-order valence-corrected chi connectivity index (χ2v) is 5.14. The van der Waals surface area contributed by atoms with Crippen LogP contribution < -0.4 is 15.8 Å². The molecule has 2 heterocycles. The Morgan fingerprint density at radius 3 is 3.00 bits per heavy atom. The third-order valence-electron chi connectivity index (χ3n) is 2.75. The first-order valence-electron chi connectivity index (χ1n) is 6.52. The average molecular weight is 310 g/mol. The van der Waals surface area contributed by atoms with Crippen molar-refractivity contribution in [1.29, 1.82) is 0 Å². The van der Waals surface area contributed by atoms with Crippen LogP contribution in [0.1, 0.15) is 16.6 Å². The van der Waals surface area contributed by atoms with Gasteiger partial charge in [0.1, 0.15) is 15.6 Å². The molecule has 0 aromatic carbocycles. The van der Waals surface area contributed by atoms with Crippen molar-refractivity contribution in [3.63, 3.8) is 0 Å². The van der Waals surface area contributed by atoms with Crippen LogP contribution in [0.2, 0.25) is 0 Å². The number of carbonyl (C=O) groups excluding carboxylic acids is 1. The van der Waals surface area contributed by atoms with Gasteiger partial charge in [-0.3, -0.25) is 4.68 Å². The van der Waals surface area contributed by atoms with Crippen molar-refractivity contribution >= 4 is 28.0 Å². The van der Waals surface area contributed by atoms with Crippen LogP contribution in [0.15, 0.2) is 18.5 Å². The molecule has 2 rings (SSSR count). The first-order chi connectivity index (χ1) is 10.2. The molecule has 8 heteroatoms. The number of carbonyl (C=O) groups is 1. The second kappa shape index (κ2) is 6.98. The number of anilines is 2. The molecule has 0 fully saturated rings. The summed E-state index contributed by atoms with van der Waals surface area (Å²) in [6, 6.07) is 1.86. The van der Waals surface area contributed by atoms with Gasteiger partial charge in [0, 0.05) is 18.9 Å². The van der Waals surface area contributed by atoms with Gasteiger partial charge < -0.3 is 20.5 Å². The van der Waals surface area contributed by atoms with E-state index in [1.807, 2.05) is 16.9 Å². The fraction of sp³-hybridized carbons (Fsp3) is 0.385. The third-order valence-corrected chi connectivity index (χ3v) is 3.87. The van der Waals surface area contributed by atoms with Crippen molar-refractivity contribution in [1.82, 2.24) is 9.78 Å². The lowest BCUT2D eigenvalue weighted by Crippen LogP contribution is -2.10. The van der Waals surface area contributed by atoms with Crippen LogP contribution in [0, 0.1) is 0 Å². The molecule has 0 aliphatic rings. The van der Waals surface area contributed by atoms with Crippen molar-refractivity contribution in [3.05, 3.63) is 23.3 Å². The number of rotatable bonds is 7. The molecule has 0 aliphatic heterocycles. The maximum absolute atomic E-state index is 11.8. The van der Waals surface area contributed by atoms with Gasteiger partial charge >= 0.3 is 5.97 Å². The smallest absolute Gasteiger partial charge is 0.350 e. The topological polar surface area (TPSA) is 91.4 Å². The summed E-state index contributed by atoms with van der Waals surface area (Å²) in [5, 5.41) is 8.03. The molecular formula is C13H18N4O3S. The number of hydrogen-bond acceptors (Lipinski definition) is 7. The maximum atomic E-state index is 11.8. The molecule has 0 amide bonds. The fourth-order valence-corrected chi connectivity index (χ4v) is 2.82. The Morgan fingerprint density at radius 1 is 1.57 bits per heavy atom. The Labute approximate surface area is 126 Å². The van der Waals surface area contributed by atoms with E-state index < -0.39 is 5.97 Å². The van der Waals surface area contributed by atoms with Crippen LogP contribution >= 0.6 is 11.3 Å². The van der Waals surface area contributed by atoms with E-state index >= 15 is 0 Å². The van der Waals surface area contributed by atoms with Crippen LogP contribution in [-0.4, -0.2) is 36.0 Å². The fourth-order valence-electron chi connectivity index (χ4n) is 1.81. The van der Waals surface area contributed by atoms with Gasteiger partial charge in [-0.05, 0) is 13.0 Å². The molecule has 0 radical (unpaired) electrons. The van der Waals surface area contributed by atoms with Crippen LogP contribution in [0.4, 0.5) is 10.7 Å². The molecule has 0 saturated heterocycles. The Morgan fingerprint density at radius 2 is 2.38 bits per heavy atom. The van der Waals surface area contributed by atoms with Gasteiger partial charge in [0.15, 0.2) is 5.75 Å². The zero-order valence-corrected chi connectivity index (χ0v) is 12.8. The molecule has 0 spiro atoms. The minimum Gasteiger partial charge on any atom is -0.492 e. The van der Waals surface area contributed by atoms with Crippen molar-refractivity contribution in [3.8, 4) is 5.75 Å². The number of esters is 1. The van der Waals surface area contributed by atoms with Crippen molar-refractivity contribution in [2.24, 2.45) is 0 Å². The molecule has 114 valence electrons. The van der Waals surface area contributed by atoms with Gasteiger partial charge in [0.2, 0.25) is 0 Å². The average Bonchev–Trinajstić information content (AvgIpc) is 3.07. The van der Waals surface area contributed by atoms with Crippen LogP contribution in [0.5, 0.6) is 5.75 Å². The van der Waals surface area contributed by atoms with Crippen LogP contribution in [0.3, 0.4) is 0 Å². The quantitative estimate of drug-likeness (QED) is 0.758. The molecule has 0 saturated carbocycles. The number of thiophene rings is 1.